The predicted octanol–water partition coefficient (Wildman–Crippen LogP) is 5.70. The molecular formula is C24H24BrN3O. The van der Waals surface area contributed by atoms with Crippen LogP contribution in [0.15, 0.2) is 51.9 Å². The summed E-state index contributed by atoms with van der Waals surface area (Å²) >= 11 is 3.48. The molecule has 1 spiro atoms. The van der Waals surface area contributed by atoms with E-state index >= 15 is 0 Å². The van der Waals surface area contributed by atoms with Crippen LogP contribution in [0.3, 0.4) is 0 Å². The normalized spacial score (nSPS) is 17.8. The molecule has 1 saturated carbocycles. The summed E-state index contributed by atoms with van der Waals surface area (Å²) in [4.78, 5) is 20.0. The molecule has 2 aliphatic rings. The van der Waals surface area contributed by atoms with Crippen molar-refractivity contribution in [1.82, 2.24) is 4.90 Å². The summed E-state index contributed by atoms with van der Waals surface area (Å²) in [5.74, 6) is 1.30. The molecule has 1 aliphatic carbocycles. The average Bonchev–Trinajstić information content (AvgIpc) is 3.30. The third-order valence-electron chi connectivity index (χ3n) is 5.90. The quantitative estimate of drug-likeness (QED) is 0.600. The van der Waals surface area contributed by atoms with Crippen molar-refractivity contribution in [2.45, 2.75) is 51.6 Å². The van der Waals surface area contributed by atoms with Gasteiger partial charge in [0.2, 0.25) is 0 Å². The van der Waals surface area contributed by atoms with Gasteiger partial charge in [-0.2, -0.15) is 5.26 Å². The number of carbonyl (C=O) groups is 1. The van der Waals surface area contributed by atoms with Crippen molar-refractivity contribution in [3.63, 3.8) is 0 Å². The minimum Gasteiger partial charge on any atom is -0.294 e. The zero-order valence-electron chi connectivity index (χ0n) is 16.8. The fourth-order valence-corrected chi connectivity index (χ4v) is 4.75. The predicted molar refractivity (Wildman–Crippen MR) is 118 cm³/mol. The molecule has 0 aromatic heterocycles. The van der Waals surface area contributed by atoms with Crippen LogP contribution in [-0.2, 0) is 11.3 Å². The van der Waals surface area contributed by atoms with Crippen LogP contribution < -0.4 is 0 Å². The topological polar surface area (TPSA) is 56.5 Å². The molecule has 0 N–H and O–H groups in total. The van der Waals surface area contributed by atoms with Crippen LogP contribution in [0.4, 0.5) is 0 Å². The highest BCUT2D eigenvalue weighted by Crippen LogP contribution is 2.40. The molecule has 2 aromatic rings. The minimum atomic E-state index is -0.502. The van der Waals surface area contributed by atoms with Crippen molar-refractivity contribution >= 4 is 27.7 Å². The number of hydrogen-bond donors (Lipinski definition) is 0. The Bertz CT molecular complexity index is 1010. The van der Waals surface area contributed by atoms with Crippen molar-refractivity contribution in [2.75, 3.05) is 0 Å². The SMILES string of the molecule is CC(C)C1=NC2(CCCC2)C(=O)N1Cc1ccc(-c2cc(Br)ccc2C#N)cc1. The number of nitrogens with zero attached hydrogens (tertiary/aromatic N) is 3. The van der Waals surface area contributed by atoms with Crippen molar-refractivity contribution in [3.8, 4) is 17.2 Å². The molecule has 0 saturated heterocycles. The smallest absolute Gasteiger partial charge is 0.256 e. The third-order valence-corrected chi connectivity index (χ3v) is 6.40. The van der Waals surface area contributed by atoms with E-state index in [1.165, 1.54) is 0 Å². The lowest BCUT2D eigenvalue weighted by atomic mass is 9.97. The molecule has 4 nitrogen and oxygen atoms in total. The molecule has 148 valence electrons. The molecule has 0 radical (unpaired) electrons. The Morgan fingerprint density at radius 1 is 1.17 bits per heavy atom. The number of amidine groups is 1. The molecule has 2 aromatic carbocycles. The van der Waals surface area contributed by atoms with E-state index < -0.39 is 5.54 Å². The van der Waals surface area contributed by atoms with Gasteiger partial charge in [-0.15, -0.1) is 0 Å². The van der Waals surface area contributed by atoms with Crippen LogP contribution in [0.1, 0.15) is 50.7 Å². The Morgan fingerprint density at radius 2 is 1.86 bits per heavy atom. The molecule has 5 heteroatoms. The van der Waals surface area contributed by atoms with Crippen molar-refractivity contribution in [2.24, 2.45) is 10.9 Å². The van der Waals surface area contributed by atoms with Crippen molar-refractivity contribution in [1.29, 1.82) is 5.26 Å². The average molecular weight is 450 g/mol. The second-order valence-electron chi connectivity index (χ2n) is 8.25. The first-order valence-corrected chi connectivity index (χ1v) is 10.9. The van der Waals surface area contributed by atoms with Gasteiger partial charge in [-0.05, 0) is 42.2 Å². The van der Waals surface area contributed by atoms with Gasteiger partial charge in [0.05, 0.1) is 18.2 Å². The van der Waals surface area contributed by atoms with Crippen LogP contribution in [-0.4, -0.2) is 22.2 Å². The zero-order valence-corrected chi connectivity index (χ0v) is 18.4. The zero-order chi connectivity index (χ0) is 20.6. The molecule has 4 rings (SSSR count). The largest absolute Gasteiger partial charge is 0.294 e. The Labute approximate surface area is 180 Å². The highest BCUT2D eigenvalue weighted by Gasteiger charge is 2.49. The van der Waals surface area contributed by atoms with Gasteiger partial charge in [-0.1, -0.05) is 66.9 Å². The number of hydrogen-bond acceptors (Lipinski definition) is 3. The van der Waals surface area contributed by atoms with Crippen LogP contribution in [0.2, 0.25) is 0 Å². The van der Waals surface area contributed by atoms with Gasteiger partial charge in [0, 0.05) is 16.0 Å². The van der Waals surface area contributed by atoms with E-state index in [-0.39, 0.29) is 11.8 Å². The first-order chi connectivity index (χ1) is 13.9. The van der Waals surface area contributed by atoms with Gasteiger partial charge < -0.3 is 0 Å². The third kappa shape index (κ3) is 3.62. The lowest BCUT2D eigenvalue weighted by molar-refractivity contribution is -0.131. The second kappa shape index (κ2) is 7.76. The van der Waals surface area contributed by atoms with Gasteiger partial charge in [-0.3, -0.25) is 14.7 Å². The molecule has 0 unspecified atom stereocenters. The summed E-state index contributed by atoms with van der Waals surface area (Å²) in [6, 6.07) is 16.1. The Morgan fingerprint density at radius 3 is 2.48 bits per heavy atom. The number of nitriles is 1. The second-order valence-corrected chi connectivity index (χ2v) is 9.17. The lowest BCUT2D eigenvalue weighted by Crippen LogP contribution is -2.41. The van der Waals surface area contributed by atoms with E-state index in [1.807, 2.05) is 47.4 Å². The number of rotatable bonds is 4. The van der Waals surface area contributed by atoms with E-state index in [9.17, 15) is 10.1 Å². The maximum atomic E-state index is 13.2. The van der Waals surface area contributed by atoms with E-state index in [4.69, 9.17) is 4.99 Å². The highest BCUT2D eigenvalue weighted by molar-refractivity contribution is 9.10. The summed E-state index contributed by atoms with van der Waals surface area (Å²) in [6.07, 6.45) is 3.91. The number of halogens is 1. The molecule has 29 heavy (non-hydrogen) atoms. The van der Waals surface area contributed by atoms with Crippen molar-refractivity contribution < 1.29 is 4.79 Å². The van der Waals surface area contributed by atoms with E-state index in [2.05, 4.69) is 35.8 Å². The number of amides is 1. The van der Waals surface area contributed by atoms with E-state index in [0.717, 1.165) is 52.7 Å². The maximum absolute atomic E-state index is 13.2. The fraction of sp³-hybridized carbons (Fsp3) is 0.375. The van der Waals surface area contributed by atoms with Gasteiger partial charge in [0.25, 0.3) is 5.91 Å². The monoisotopic (exact) mass is 449 g/mol. The van der Waals surface area contributed by atoms with Crippen LogP contribution in [0, 0.1) is 17.2 Å². The number of carbonyl (C=O) groups excluding carboxylic acids is 1. The summed E-state index contributed by atoms with van der Waals surface area (Å²) in [5.41, 5.74) is 3.11. The molecule has 1 aliphatic heterocycles. The van der Waals surface area contributed by atoms with E-state index in [0.29, 0.717) is 12.1 Å². The summed E-state index contributed by atoms with van der Waals surface area (Å²) in [6.45, 7) is 4.75. The lowest BCUT2D eigenvalue weighted by Gasteiger charge is -2.24. The van der Waals surface area contributed by atoms with Gasteiger partial charge >= 0.3 is 0 Å². The minimum absolute atomic E-state index is 0.168. The van der Waals surface area contributed by atoms with Gasteiger partial charge in [0.1, 0.15) is 11.4 Å². The van der Waals surface area contributed by atoms with Gasteiger partial charge in [-0.25, -0.2) is 0 Å². The standard InChI is InChI=1S/C24H24BrN3O/c1-16(2)22-27-24(11-3-4-12-24)23(29)28(22)15-17-5-7-18(8-6-17)21-13-20(25)10-9-19(21)14-26/h5-10,13,16H,3-4,11-12,15H2,1-2H3. The van der Waals surface area contributed by atoms with E-state index in [1.54, 1.807) is 0 Å². The summed E-state index contributed by atoms with van der Waals surface area (Å²) < 4.78 is 0.942. The van der Waals surface area contributed by atoms with Crippen LogP contribution in [0.5, 0.6) is 0 Å². The first kappa shape index (κ1) is 19.8. The molecule has 0 atom stereocenters. The highest BCUT2D eigenvalue weighted by atomic mass is 79.9. The first-order valence-electron chi connectivity index (χ1n) is 10.1. The Kier molecular flexibility index (Phi) is 5.31. The molecule has 0 bridgehead atoms. The summed E-state index contributed by atoms with van der Waals surface area (Å²) in [7, 11) is 0. The molecule has 1 fully saturated rings. The Hall–Kier alpha value is -2.45. The van der Waals surface area contributed by atoms with Crippen molar-refractivity contribution in [3.05, 3.63) is 58.1 Å². The van der Waals surface area contributed by atoms with Crippen LogP contribution in [0.25, 0.3) is 11.1 Å². The molecule has 1 amide bonds. The molecule has 1 heterocycles. The fourth-order valence-electron chi connectivity index (χ4n) is 4.39. The Balaban J connectivity index is 1.59. The number of aliphatic imine (C=N–C) groups is 1. The summed E-state index contributed by atoms with van der Waals surface area (Å²) in [5, 5.41) is 9.40. The maximum Gasteiger partial charge on any atom is 0.256 e. The molecular weight excluding hydrogens is 426 g/mol. The number of benzene rings is 2. The van der Waals surface area contributed by atoms with Crippen LogP contribution >= 0.6 is 15.9 Å². The van der Waals surface area contributed by atoms with Gasteiger partial charge in [0.15, 0.2) is 0 Å².